The summed E-state index contributed by atoms with van der Waals surface area (Å²) in [6.45, 7) is 0. The van der Waals surface area contributed by atoms with E-state index >= 15 is 0 Å². The summed E-state index contributed by atoms with van der Waals surface area (Å²) in [5.41, 5.74) is -0.0709. The van der Waals surface area contributed by atoms with Gasteiger partial charge >= 0.3 is 6.18 Å². The molecule has 0 bridgehead atoms. The maximum Gasteiger partial charge on any atom is 0.434 e. The Morgan fingerprint density at radius 2 is 1.81 bits per heavy atom. The quantitative estimate of drug-likeness (QED) is 0.595. The number of nitrogens with one attached hydrogen (secondary N) is 1. The van der Waals surface area contributed by atoms with Crippen LogP contribution in [-0.4, -0.2) is 34.4 Å². The highest BCUT2D eigenvalue weighted by molar-refractivity contribution is 6.30. The second kappa shape index (κ2) is 8.42. The lowest BCUT2D eigenvalue weighted by Gasteiger charge is -2.36. The van der Waals surface area contributed by atoms with E-state index in [4.69, 9.17) is 11.6 Å². The molecular formula is C22H22ClF3N4O. The predicted octanol–water partition coefficient (Wildman–Crippen LogP) is 5.18. The Bertz CT molecular complexity index is 1070. The molecule has 1 aliphatic carbocycles. The van der Waals surface area contributed by atoms with E-state index in [0.717, 1.165) is 31.9 Å². The Morgan fingerprint density at radius 1 is 1.13 bits per heavy atom. The molecule has 1 fully saturated rings. The molecular weight excluding hydrogens is 429 g/mol. The Balaban J connectivity index is 1.41. The van der Waals surface area contributed by atoms with E-state index in [1.54, 1.807) is 42.5 Å². The zero-order valence-electron chi connectivity index (χ0n) is 16.9. The number of hydrogen-bond donors (Lipinski definition) is 1. The van der Waals surface area contributed by atoms with Gasteiger partial charge in [-0.1, -0.05) is 17.7 Å². The van der Waals surface area contributed by atoms with E-state index in [1.165, 1.54) is 4.40 Å². The number of rotatable bonds is 4. The maximum atomic E-state index is 13.1. The van der Waals surface area contributed by atoms with Gasteiger partial charge in [0.25, 0.3) is 5.91 Å². The highest BCUT2D eigenvalue weighted by Gasteiger charge is 2.34. The van der Waals surface area contributed by atoms with Crippen LogP contribution < -0.4 is 10.2 Å². The summed E-state index contributed by atoms with van der Waals surface area (Å²) >= 11 is 5.87. The Morgan fingerprint density at radius 3 is 2.45 bits per heavy atom. The summed E-state index contributed by atoms with van der Waals surface area (Å²) in [4.78, 5) is 18.1. The molecule has 1 aromatic carbocycles. The molecule has 9 heteroatoms. The maximum absolute atomic E-state index is 13.1. The van der Waals surface area contributed by atoms with Gasteiger partial charge in [0.1, 0.15) is 11.5 Å². The van der Waals surface area contributed by atoms with Gasteiger partial charge in [-0.2, -0.15) is 13.2 Å². The normalized spacial score (nSPS) is 19.4. The fraction of sp³-hybridized carbons (Fsp3) is 0.364. The van der Waals surface area contributed by atoms with Crippen LogP contribution >= 0.6 is 11.6 Å². The molecule has 2 aromatic heterocycles. The van der Waals surface area contributed by atoms with Crippen LogP contribution in [0.1, 0.15) is 41.7 Å². The van der Waals surface area contributed by atoms with Gasteiger partial charge < -0.3 is 10.2 Å². The van der Waals surface area contributed by atoms with Crippen molar-refractivity contribution in [3.63, 3.8) is 0 Å². The molecule has 0 spiro atoms. The average Bonchev–Trinajstić information content (AvgIpc) is 3.19. The molecule has 1 aliphatic rings. The number of nitrogens with zero attached hydrogens (tertiary/aromatic N) is 3. The zero-order chi connectivity index (χ0) is 22.2. The van der Waals surface area contributed by atoms with Crippen molar-refractivity contribution in [2.75, 3.05) is 11.9 Å². The van der Waals surface area contributed by atoms with Gasteiger partial charge in [-0.3, -0.25) is 9.20 Å². The highest BCUT2D eigenvalue weighted by Crippen LogP contribution is 2.31. The van der Waals surface area contributed by atoms with Crippen molar-refractivity contribution in [1.29, 1.82) is 0 Å². The molecule has 31 heavy (non-hydrogen) atoms. The van der Waals surface area contributed by atoms with Crippen LogP contribution in [0.15, 0.2) is 48.7 Å². The number of alkyl halides is 3. The lowest BCUT2D eigenvalue weighted by molar-refractivity contribution is -0.140. The standard InChI is InChI=1S/C22H22ClF3N4O/c1-29(20-4-2-3-19-28-18(13-30(19)20)22(24,25)26)17-11-9-16(10-12-17)27-21(31)14-5-7-15(23)8-6-14/h2-8,13,16-17H,9-12H2,1H3,(H,27,31). The van der Waals surface area contributed by atoms with E-state index in [9.17, 15) is 18.0 Å². The molecule has 0 aliphatic heterocycles. The Kier molecular flexibility index (Phi) is 5.83. The minimum atomic E-state index is -4.48. The molecule has 4 rings (SSSR count). The summed E-state index contributed by atoms with van der Waals surface area (Å²) in [5, 5.41) is 3.64. The molecule has 1 saturated carbocycles. The zero-order valence-corrected chi connectivity index (χ0v) is 17.6. The summed E-state index contributed by atoms with van der Waals surface area (Å²) < 4.78 is 40.7. The number of anilines is 1. The fourth-order valence-corrected chi connectivity index (χ4v) is 4.21. The molecule has 0 radical (unpaired) electrons. The number of aromatic nitrogens is 2. The van der Waals surface area contributed by atoms with Gasteiger partial charge in [0.15, 0.2) is 5.69 Å². The number of carbonyl (C=O) groups excluding carboxylic acids is 1. The second-order valence-corrected chi connectivity index (χ2v) is 8.27. The van der Waals surface area contributed by atoms with E-state index in [-0.39, 0.29) is 23.6 Å². The number of imidazole rings is 1. The SMILES string of the molecule is CN(c1cccc2nc(C(F)(F)F)cn12)C1CCC(NC(=O)c2ccc(Cl)cc2)CC1. The number of benzene rings is 1. The molecule has 5 nitrogen and oxygen atoms in total. The van der Waals surface area contributed by atoms with E-state index < -0.39 is 11.9 Å². The van der Waals surface area contributed by atoms with Crippen molar-refractivity contribution in [3.8, 4) is 0 Å². The van der Waals surface area contributed by atoms with Gasteiger partial charge in [-0.15, -0.1) is 0 Å². The third kappa shape index (κ3) is 4.63. The van der Waals surface area contributed by atoms with Crippen LogP contribution in [0, 0.1) is 0 Å². The highest BCUT2D eigenvalue weighted by atomic mass is 35.5. The fourth-order valence-electron chi connectivity index (χ4n) is 4.08. The minimum absolute atomic E-state index is 0.0636. The van der Waals surface area contributed by atoms with Gasteiger partial charge in [0, 0.05) is 35.9 Å². The monoisotopic (exact) mass is 450 g/mol. The van der Waals surface area contributed by atoms with Crippen LogP contribution in [0.5, 0.6) is 0 Å². The third-order valence-electron chi connectivity index (χ3n) is 5.81. The molecule has 0 saturated heterocycles. The molecule has 1 N–H and O–H groups in total. The molecule has 1 amide bonds. The van der Waals surface area contributed by atoms with Gasteiger partial charge in [0.05, 0.1) is 0 Å². The minimum Gasteiger partial charge on any atom is -0.358 e. The van der Waals surface area contributed by atoms with Crippen LogP contribution in [0.2, 0.25) is 5.02 Å². The van der Waals surface area contributed by atoms with Crippen molar-refractivity contribution in [2.45, 2.75) is 43.9 Å². The average molecular weight is 451 g/mol. The number of halogens is 4. The van der Waals surface area contributed by atoms with Crippen molar-refractivity contribution in [2.24, 2.45) is 0 Å². The van der Waals surface area contributed by atoms with Crippen molar-refractivity contribution in [1.82, 2.24) is 14.7 Å². The Hall–Kier alpha value is -2.74. The molecule has 2 heterocycles. The smallest absolute Gasteiger partial charge is 0.358 e. The molecule has 164 valence electrons. The predicted molar refractivity (Wildman–Crippen MR) is 114 cm³/mol. The van der Waals surface area contributed by atoms with E-state index in [1.807, 2.05) is 11.9 Å². The van der Waals surface area contributed by atoms with Gasteiger partial charge in [0.2, 0.25) is 0 Å². The lowest BCUT2D eigenvalue weighted by atomic mass is 9.90. The first-order valence-electron chi connectivity index (χ1n) is 10.1. The number of amides is 1. The van der Waals surface area contributed by atoms with Gasteiger partial charge in [-0.05, 0) is 62.1 Å². The summed E-state index contributed by atoms with van der Waals surface area (Å²) in [7, 11) is 1.89. The first kappa shape index (κ1) is 21.5. The van der Waals surface area contributed by atoms with Gasteiger partial charge in [-0.25, -0.2) is 4.98 Å². The third-order valence-corrected chi connectivity index (χ3v) is 6.06. The summed E-state index contributed by atoms with van der Waals surface area (Å²) in [6.07, 6.45) is -0.218. The Labute approximate surface area is 182 Å². The molecule has 0 unspecified atom stereocenters. The van der Waals surface area contributed by atoms with Crippen molar-refractivity contribution in [3.05, 3.63) is 64.9 Å². The van der Waals surface area contributed by atoms with Crippen molar-refractivity contribution < 1.29 is 18.0 Å². The number of fused-ring (bicyclic) bond motifs is 1. The molecule has 0 atom stereocenters. The summed E-state index contributed by atoms with van der Waals surface area (Å²) in [5.74, 6) is 0.533. The van der Waals surface area contributed by atoms with Crippen LogP contribution in [0.3, 0.4) is 0 Å². The van der Waals surface area contributed by atoms with Crippen molar-refractivity contribution >= 4 is 29.0 Å². The first-order valence-corrected chi connectivity index (χ1v) is 10.4. The van der Waals surface area contributed by atoms with Crippen LogP contribution in [-0.2, 0) is 6.18 Å². The van der Waals surface area contributed by atoms with E-state index in [0.29, 0.717) is 16.4 Å². The molecule has 3 aromatic rings. The largest absolute Gasteiger partial charge is 0.434 e. The lowest BCUT2D eigenvalue weighted by Crippen LogP contribution is -2.43. The second-order valence-electron chi connectivity index (χ2n) is 7.83. The topological polar surface area (TPSA) is 49.6 Å². The summed E-state index contributed by atoms with van der Waals surface area (Å²) in [6, 6.07) is 12.0. The van der Waals surface area contributed by atoms with E-state index in [2.05, 4.69) is 10.3 Å². The van der Waals surface area contributed by atoms with Crippen LogP contribution in [0.25, 0.3) is 5.65 Å². The first-order chi connectivity index (χ1) is 14.7. The van der Waals surface area contributed by atoms with Crippen LogP contribution in [0.4, 0.5) is 19.0 Å². The number of carbonyl (C=O) groups is 1. The number of hydrogen-bond acceptors (Lipinski definition) is 3. The number of pyridine rings is 1.